The molecule has 1 aliphatic rings. The van der Waals surface area contributed by atoms with Crippen molar-refractivity contribution in [1.82, 2.24) is 10.2 Å². The van der Waals surface area contributed by atoms with E-state index >= 15 is 0 Å². The maximum Gasteiger partial charge on any atom is 0.255 e. The summed E-state index contributed by atoms with van der Waals surface area (Å²) < 4.78 is 0. The van der Waals surface area contributed by atoms with Crippen LogP contribution in [0, 0.1) is 0 Å². The molecule has 110 valence electrons. The SMILES string of the molecule is CSc1ccc(Cl)c(C(=O)N(C)CC2CCCCN2)c1. The predicted molar refractivity (Wildman–Crippen MR) is 85.8 cm³/mol. The second kappa shape index (κ2) is 7.34. The molecule has 1 saturated heterocycles. The standard InChI is InChI=1S/C15H21ClN2OS/c1-18(10-11-5-3-4-8-17-11)15(19)13-9-12(20-2)6-7-14(13)16/h6-7,9,11,17H,3-5,8,10H2,1-2H3. The van der Waals surface area contributed by atoms with Crippen molar-refractivity contribution in [3.05, 3.63) is 28.8 Å². The molecule has 0 bridgehead atoms. The number of hydrogen-bond donors (Lipinski definition) is 1. The molecule has 0 aromatic heterocycles. The number of piperidine rings is 1. The van der Waals surface area contributed by atoms with Crippen molar-refractivity contribution >= 4 is 29.3 Å². The van der Waals surface area contributed by atoms with Gasteiger partial charge in [0.2, 0.25) is 0 Å². The Labute approximate surface area is 130 Å². The maximum absolute atomic E-state index is 12.5. The minimum Gasteiger partial charge on any atom is -0.340 e. The van der Waals surface area contributed by atoms with Crippen LogP contribution < -0.4 is 5.32 Å². The highest BCUT2D eigenvalue weighted by atomic mass is 35.5. The van der Waals surface area contributed by atoms with Gasteiger partial charge in [-0.05, 0) is 43.8 Å². The van der Waals surface area contributed by atoms with Gasteiger partial charge in [-0.1, -0.05) is 18.0 Å². The minimum absolute atomic E-state index is 0.00160. The molecule has 2 rings (SSSR count). The van der Waals surface area contributed by atoms with Gasteiger partial charge < -0.3 is 10.2 Å². The number of rotatable bonds is 4. The Hall–Kier alpha value is -0.710. The second-order valence-corrected chi connectivity index (χ2v) is 6.47. The number of amides is 1. The van der Waals surface area contributed by atoms with Gasteiger partial charge in [-0.3, -0.25) is 4.79 Å². The fraction of sp³-hybridized carbons (Fsp3) is 0.533. The van der Waals surface area contributed by atoms with Crippen molar-refractivity contribution in [3.8, 4) is 0 Å². The first-order valence-electron chi connectivity index (χ1n) is 6.94. The third-order valence-corrected chi connectivity index (χ3v) is 4.71. The quantitative estimate of drug-likeness (QED) is 0.866. The zero-order valence-electron chi connectivity index (χ0n) is 12.0. The molecule has 1 amide bonds. The van der Waals surface area contributed by atoms with Crippen LogP contribution in [-0.2, 0) is 0 Å². The number of carbonyl (C=O) groups excluding carboxylic acids is 1. The summed E-state index contributed by atoms with van der Waals surface area (Å²) in [5.74, 6) is -0.00160. The highest BCUT2D eigenvalue weighted by molar-refractivity contribution is 7.98. The fourth-order valence-corrected chi connectivity index (χ4v) is 3.13. The molecule has 0 radical (unpaired) electrons. The Balaban J connectivity index is 2.05. The molecule has 1 unspecified atom stereocenters. The number of hydrogen-bond acceptors (Lipinski definition) is 3. The number of halogens is 1. The van der Waals surface area contributed by atoms with Crippen molar-refractivity contribution in [2.75, 3.05) is 26.4 Å². The van der Waals surface area contributed by atoms with Crippen molar-refractivity contribution in [1.29, 1.82) is 0 Å². The second-order valence-electron chi connectivity index (χ2n) is 5.18. The van der Waals surface area contributed by atoms with E-state index in [1.54, 1.807) is 22.7 Å². The Bertz CT molecular complexity index is 475. The van der Waals surface area contributed by atoms with Gasteiger partial charge in [-0.2, -0.15) is 0 Å². The minimum atomic E-state index is -0.00160. The number of benzene rings is 1. The summed E-state index contributed by atoms with van der Waals surface area (Å²) >= 11 is 7.78. The maximum atomic E-state index is 12.5. The monoisotopic (exact) mass is 312 g/mol. The smallest absolute Gasteiger partial charge is 0.255 e. The van der Waals surface area contributed by atoms with Crippen molar-refractivity contribution in [2.45, 2.75) is 30.2 Å². The summed E-state index contributed by atoms with van der Waals surface area (Å²) in [6, 6.07) is 6.01. The first-order chi connectivity index (χ1) is 9.61. The lowest BCUT2D eigenvalue weighted by molar-refractivity contribution is 0.0775. The van der Waals surface area contributed by atoms with Crippen LogP contribution in [0.2, 0.25) is 5.02 Å². The van der Waals surface area contributed by atoms with Crippen LogP contribution in [0.4, 0.5) is 0 Å². The summed E-state index contributed by atoms with van der Waals surface area (Å²) in [5.41, 5.74) is 0.594. The van der Waals surface area contributed by atoms with Crippen molar-refractivity contribution in [2.24, 2.45) is 0 Å². The van der Waals surface area contributed by atoms with Crippen LogP contribution in [0.3, 0.4) is 0 Å². The lowest BCUT2D eigenvalue weighted by atomic mass is 10.0. The van der Waals surface area contributed by atoms with Crippen molar-refractivity contribution in [3.63, 3.8) is 0 Å². The van der Waals surface area contributed by atoms with Gasteiger partial charge >= 0.3 is 0 Å². The molecule has 3 nitrogen and oxygen atoms in total. The van der Waals surface area contributed by atoms with E-state index in [4.69, 9.17) is 11.6 Å². The van der Waals surface area contributed by atoms with Crippen LogP contribution in [0.1, 0.15) is 29.6 Å². The summed E-state index contributed by atoms with van der Waals surface area (Å²) in [6.07, 6.45) is 5.60. The average molecular weight is 313 g/mol. The van der Waals surface area contributed by atoms with Gasteiger partial charge in [-0.25, -0.2) is 0 Å². The number of likely N-dealkylation sites (N-methyl/N-ethyl adjacent to an activating group) is 1. The van der Waals surface area contributed by atoms with Gasteiger partial charge in [0.15, 0.2) is 0 Å². The summed E-state index contributed by atoms with van der Waals surface area (Å²) in [5, 5.41) is 3.99. The van der Waals surface area contributed by atoms with Crippen molar-refractivity contribution < 1.29 is 4.79 Å². The van der Waals surface area contributed by atoms with Gasteiger partial charge in [0.05, 0.1) is 10.6 Å². The third kappa shape index (κ3) is 3.90. The summed E-state index contributed by atoms with van der Waals surface area (Å²) in [6.45, 7) is 1.79. The molecule has 5 heteroatoms. The van der Waals surface area contributed by atoms with Gasteiger partial charge in [-0.15, -0.1) is 11.8 Å². The molecule has 0 saturated carbocycles. The third-order valence-electron chi connectivity index (χ3n) is 3.66. The van der Waals surface area contributed by atoms with E-state index in [2.05, 4.69) is 5.32 Å². The van der Waals surface area contributed by atoms with Crippen LogP contribution in [0.25, 0.3) is 0 Å². The summed E-state index contributed by atoms with van der Waals surface area (Å²) in [7, 11) is 1.85. The van der Waals surface area contributed by atoms with Crippen LogP contribution in [0.5, 0.6) is 0 Å². The molecule has 0 spiro atoms. The first kappa shape index (κ1) is 15.7. The number of carbonyl (C=O) groups is 1. The molecule has 1 aromatic rings. The van der Waals surface area contributed by atoms with Crippen LogP contribution >= 0.6 is 23.4 Å². The van der Waals surface area contributed by atoms with E-state index in [1.807, 2.05) is 25.4 Å². The van der Waals surface area contributed by atoms with Gasteiger partial charge in [0.25, 0.3) is 5.91 Å². The Morgan fingerprint density at radius 3 is 2.95 bits per heavy atom. The van der Waals surface area contributed by atoms with Crippen LogP contribution in [0.15, 0.2) is 23.1 Å². The number of nitrogens with one attached hydrogen (secondary N) is 1. The van der Waals surface area contributed by atoms with E-state index in [1.165, 1.54) is 12.8 Å². The summed E-state index contributed by atoms with van der Waals surface area (Å²) in [4.78, 5) is 15.3. The van der Waals surface area contributed by atoms with E-state index in [0.717, 1.165) is 24.4 Å². The molecule has 1 aromatic carbocycles. The lowest BCUT2D eigenvalue weighted by Gasteiger charge is -2.28. The van der Waals surface area contributed by atoms with E-state index in [9.17, 15) is 4.79 Å². The highest BCUT2D eigenvalue weighted by Gasteiger charge is 2.20. The largest absolute Gasteiger partial charge is 0.340 e. The predicted octanol–water partition coefficient (Wildman–Crippen LogP) is 3.28. The van der Waals surface area contributed by atoms with E-state index in [-0.39, 0.29) is 5.91 Å². The zero-order valence-corrected chi connectivity index (χ0v) is 13.6. The van der Waals surface area contributed by atoms with Gasteiger partial charge in [0.1, 0.15) is 0 Å². The van der Waals surface area contributed by atoms with Crippen LogP contribution in [-0.4, -0.2) is 43.2 Å². The molecular formula is C15H21ClN2OS. The fourth-order valence-electron chi connectivity index (χ4n) is 2.49. The Morgan fingerprint density at radius 2 is 2.30 bits per heavy atom. The molecule has 1 aliphatic heterocycles. The molecule has 1 atom stereocenters. The van der Waals surface area contributed by atoms with E-state index in [0.29, 0.717) is 16.6 Å². The molecule has 1 N–H and O–H groups in total. The molecule has 0 aliphatic carbocycles. The van der Waals surface area contributed by atoms with E-state index < -0.39 is 0 Å². The van der Waals surface area contributed by atoms with Gasteiger partial charge in [0, 0.05) is 24.5 Å². The topological polar surface area (TPSA) is 32.3 Å². The molecular weight excluding hydrogens is 292 g/mol. The highest BCUT2D eigenvalue weighted by Crippen LogP contribution is 2.24. The average Bonchev–Trinajstić information content (AvgIpc) is 2.48. The lowest BCUT2D eigenvalue weighted by Crippen LogP contribution is -2.44. The Kier molecular flexibility index (Phi) is 5.75. The normalized spacial score (nSPS) is 18.9. The molecule has 1 fully saturated rings. The zero-order chi connectivity index (χ0) is 14.5. The Morgan fingerprint density at radius 1 is 1.50 bits per heavy atom. The molecule has 20 heavy (non-hydrogen) atoms. The first-order valence-corrected chi connectivity index (χ1v) is 8.54. The number of thioether (sulfide) groups is 1. The number of nitrogens with zero attached hydrogens (tertiary/aromatic N) is 1. The molecule has 1 heterocycles.